The van der Waals surface area contributed by atoms with E-state index < -0.39 is 0 Å². The first kappa shape index (κ1) is 18.4. The predicted molar refractivity (Wildman–Crippen MR) is 109 cm³/mol. The Morgan fingerprint density at radius 3 is 3.07 bits per heavy atom. The zero-order chi connectivity index (χ0) is 19.0. The van der Waals surface area contributed by atoms with Crippen molar-refractivity contribution in [2.45, 2.75) is 26.5 Å². The Bertz CT molecular complexity index is 983. The third-order valence-corrected chi connectivity index (χ3v) is 5.97. The number of carbonyl (C=O) groups excluding carboxylic acids is 1. The second kappa shape index (κ2) is 7.59. The monoisotopic (exact) mass is 404 g/mol. The number of anilines is 1. The van der Waals surface area contributed by atoms with Crippen LogP contribution in [0.3, 0.4) is 0 Å². The number of amides is 1. The Labute approximate surface area is 166 Å². The molecule has 27 heavy (non-hydrogen) atoms. The van der Waals surface area contributed by atoms with Gasteiger partial charge in [-0.1, -0.05) is 23.7 Å². The van der Waals surface area contributed by atoms with Crippen LogP contribution in [0.1, 0.15) is 28.0 Å². The third kappa shape index (κ3) is 3.87. The first-order valence-corrected chi connectivity index (χ1v) is 10.1. The van der Waals surface area contributed by atoms with Crippen LogP contribution in [0.25, 0.3) is 10.3 Å². The summed E-state index contributed by atoms with van der Waals surface area (Å²) >= 11 is 7.80. The number of benzene rings is 1. The molecule has 1 aliphatic rings. The molecule has 0 spiro atoms. The third-order valence-electron chi connectivity index (χ3n) is 4.61. The molecule has 0 aliphatic carbocycles. The van der Waals surface area contributed by atoms with E-state index in [2.05, 4.69) is 27.1 Å². The van der Waals surface area contributed by atoms with E-state index in [0.717, 1.165) is 34.0 Å². The molecule has 4 rings (SSSR count). The predicted octanol–water partition coefficient (Wildman–Crippen LogP) is 4.06. The summed E-state index contributed by atoms with van der Waals surface area (Å²) in [6.45, 7) is 7.12. The minimum Gasteiger partial charge on any atom is -0.376 e. The number of fused-ring (bicyclic) bond motifs is 1. The van der Waals surface area contributed by atoms with E-state index in [1.165, 1.54) is 0 Å². The van der Waals surface area contributed by atoms with Gasteiger partial charge in [0.15, 0.2) is 0 Å². The number of aromatic amines is 1. The molecule has 8 heteroatoms. The average molecular weight is 405 g/mol. The number of H-pyrrole nitrogens is 1. The molecule has 0 radical (unpaired) electrons. The standard InChI is InChI=1S/C19H21ClN4O2S/c1-11-9-24(7-8-26-11)10-13-16(23-18-17(13)27-12(2)21-18)19(25)22-15-6-4-3-5-14(15)20/h3-6,11,23H,7-10H2,1-2H3,(H,22,25). The lowest BCUT2D eigenvalue weighted by atomic mass is 10.2. The van der Waals surface area contributed by atoms with Gasteiger partial charge in [0.2, 0.25) is 0 Å². The lowest BCUT2D eigenvalue weighted by molar-refractivity contribution is -0.0211. The minimum atomic E-state index is -0.206. The lowest BCUT2D eigenvalue weighted by Gasteiger charge is -2.31. The highest BCUT2D eigenvalue weighted by atomic mass is 35.5. The van der Waals surface area contributed by atoms with Gasteiger partial charge in [-0.05, 0) is 26.0 Å². The van der Waals surface area contributed by atoms with E-state index in [9.17, 15) is 4.79 Å². The number of ether oxygens (including phenoxy) is 1. The number of halogens is 1. The second-order valence-corrected chi connectivity index (χ2v) is 8.35. The van der Waals surface area contributed by atoms with Crippen LogP contribution in [0.2, 0.25) is 5.02 Å². The number of para-hydroxylation sites is 1. The molecule has 0 saturated carbocycles. The van der Waals surface area contributed by atoms with Crippen LogP contribution >= 0.6 is 22.9 Å². The maximum Gasteiger partial charge on any atom is 0.272 e. The SMILES string of the molecule is Cc1nc2[nH]c(C(=O)Nc3ccccc3Cl)c(CN3CCOC(C)C3)c2s1. The van der Waals surface area contributed by atoms with Crippen LogP contribution in [0.5, 0.6) is 0 Å². The molecule has 2 aromatic heterocycles. The van der Waals surface area contributed by atoms with E-state index in [1.54, 1.807) is 23.5 Å². The van der Waals surface area contributed by atoms with Crippen molar-refractivity contribution in [2.75, 3.05) is 25.0 Å². The van der Waals surface area contributed by atoms with E-state index >= 15 is 0 Å². The summed E-state index contributed by atoms with van der Waals surface area (Å²) in [4.78, 5) is 23.0. The highest BCUT2D eigenvalue weighted by molar-refractivity contribution is 7.18. The molecule has 1 unspecified atom stereocenters. The van der Waals surface area contributed by atoms with Gasteiger partial charge in [0.05, 0.1) is 33.1 Å². The summed E-state index contributed by atoms with van der Waals surface area (Å²) in [5.74, 6) is -0.206. The molecule has 1 aromatic carbocycles. The molecule has 1 aliphatic heterocycles. The highest BCUT2D eigenvalue weighted by Crippen LogP contribution is 2.31. The minimum absolute atomic E-state index is 0.191. The van der Waals surface area contributed by atoms with E-state index in [0.29, 0.717) is 29.6 Å². The van der Waals surface area contributed by atoms with Crippen LogP contribution in [-0.4, -0.2) is 46.6 Å². The lowest BCUT2D eigenvalue weighted by Crippen LogP contribution is -2.40. The van der Waals surface area contributed by atoms with Crippen LogP contribution < -0.4 is 5.32 Å². The average Bonchev–Trinajstić information content (AvgIpc) is 3.14. The molecule has 2 N–H and O–H groups in total. The molecule has 1 atom stereocenters. The number of hydrogen-bond donors (Lipinski definition) is 2. The van der Waals surface area contributed by atoms with Crippen molar-refractivity contribution in [1.29, 1.82) is 0 Å². The zero-order valence-corrected chi connectivity index (χ0v) is 16.8. The number of carbonyl (C=O) groups is 1. The molecule has 1 amide bonds. The summed E-state index contributed by atoms with van der Waals surface area (Å²) in [6.07, 6.45) is 0.191. The second-order valence-electron chi connectivity index (χ2n) is 6.74. The van der Waals surface area contributed by atoms with Gasteiger partial charge >= 0.3 is 0 Å². The van der Waals surface area contributed by atoms with Gasteiger partial charge in [-0.2, -0.15) is 0 Å². The fourth-order valence-corrected chi connectivity index (χ4v) is 4.47. The number of nitrogens with zero attached hydrogens (tertiary/aromatic N) is 2. The van der Waals surface area contributed by atoms with Gasteiger partial charge in [0.1, 0.15) is 11.3 Å². The molecule has 1 fully saturated rings. The fraction of sp³-hybridized carbons (Fsp3) is 0.368. The summed E-state index contributed by atoms with van der Waals surface area (Å²) in [6, 6.07) is 7.22. The Hall–Kier alpha value is -1.93. The van der Waals surface area contributed by atoms with Crippen molar-refractivity contribution in [3.05, 3.63) is 45.6 Å². The number of aryl methyl sites for hydroxylation is 1. The molecule has 0 bridgehead atoms. The van der Waals surface area contributed by atoms with Crippen molar-refractivity contribution >= 4 is 44.9 Å². The van der Waals surface area contributed by atoms with Crippen LogP contribution in [0, 0.1) is 6.92 Å². The Morgan fingerprint density at radius 2 is 2.30 bits per heavy atom. The molecule has 1 saturated heterocycles. The first-order valence-electron chi connectivity index (χ1n) is 8.89. The number of nitrogens with one attached hydrogen (secondary N) is 2. The van der Waals surface area contributed by atoms with Crippen molar-refractivity contribution < 1.29 is 9.53 Å². The van der Waals surface area contributed by atoms with E-state index in [1.807, 2.05) is 19.1 Å². The van der Waals surface area contributed by atoms with Crippen molar-refractivity contribution in [3.8, 4) is 0 Å². The van der Waals surface area contributed by atoms with Gasteiger partial charge in [-0.3, -0.25) is 9.69 Å². The fourth-order valence-electron chi connectivity index (χ4n) is 3.37. The maximum absolute atomic E-state index is 13.0. The van der Waals surface area contributed by atoms with Crippen molar-refractivity contribution in [1.82, 2.24) is 14.9 Å². The van der Waals surface area contributed by atoms with Crippen molar-refractivity contribution in [2.24, 2.45) is 0 Å². The number of rotatable bonds is 4. The Kier molecular flexibility index (Phi) is 5.19. The Morgan fingerprint density at radius 1 is 1.48 bits per heavy atom. The number of aromatic nitrogens is 2. The van der Waals surface area contributed by atoms with Crippen LogP contribution in [0.15, 0.2) is 24.3 Å². The van der Waals surface area contributed by atoms with Gasteiger partial charge < -0.3 is 15.0 Å². The topological polar surface area (TPSA) is 70.2 Å². The molecule has 3 heterocycles. The summed E-state index contributed by atoms with van der Waals surface area (Å²) in [5, 5.41) is 4.40. The largest absolute Gasteiger partial charge is 0.376 e. The molecule has 142 valence electrons. The molecule has 3 aromatic rings. The number of thiazole rings is 1. The van der Waals surface area contributed by atoms with Gasteiger partial charge in [-0.25, -0.2) is 4.98 Å². The van der Waals surface area contributed by atoms with Crippen LogP contribution in [0.4, 0.5) is 5.69 Å². The molecular formula is C19H21ClN4O2S. The zero-order valence-electron chi connectivity index (χ0n) is 15.2. The first-order chi connectivity index (χ1) is 13.0. The number of hydrogen-bond acceptors (Lipinski definition) is 5. The molecular weight excluding hydrogens is 384 g/mol. The smallest absolute Gasteiger partial charge is 0.272 e. The quantitative estimate of drug-likeness (QED) is 0.688. The van der Waals surface area contributed by atoms with E-state index in [4.69, 9.17) is 16.3 Å². The summed E-state index contributed by atoms with van der Waals surface area (Å²) in [7, 11) is 0. The molecule has 6 nitrogen and oxygen atoms in total. The van der Waals surface area contributed by atoms with Crippen LogP contribution in [-0.2, 0) is 11.3 Å². The maximum atomic E-state index is 13.0. The van der Waals surface area contributed by atoms with E-state index in [-0.39, 0.29) is 12.0 Å². The van der Waals surface area contributed by atoms with Gasteiger partial charge in [0, 0.05) is 25.2 Å². The number of morpholine rings is 1. The summed E-state index contributed by atoms with van der Waals surface area (Å²) < 4.78 is 6.67. The van der Waals surface area contributed by atoms with Crippen molar-refractivity contribution in [3.63, 3.8) is 0 Å². The normalized spacial score (nSPS) is 18.1. The Balaban J connectivity index is 1.66. The van der Waals surface area contributed by atoms with Gasteiger partial charge in [0.25, 0.3) is 5.91 Å². The summed E-state index contributed by atoms with van der Waals surface area (Å²) in [5.41, 5.74) is 2.88. The highest BCUT2D eigenvalue weighted by Gasteiger charge is 2.25. The van der Waals surface area contributed by atoms with Gasteiger partial charge in [-0.15, -0.1) is 11.3 Å².